The van der Waals surface area contributed by atoms with Crippen molar-refractivity contribution in [3.05, 3.63) is 0 Å². The van der Waals surface area contributed by atoms with Crippen LogP contribution in [0.2, 0.25) is 0 Å². The first-order chi connectivity index (χ1) is 21.2. The highest BCUT2D eigenvalue weighted by Gasteiger charge is 2.55. The summed E-state index contributed by atoms with van der Waals surface area (Å²) < 4.78 is 10.7. The maximum absolute atomic E-state index is 12.9. The van der Waals surface area contributed by atoms with E-state index in [0.29, 0.717) is 6.42 Å². The molecule has 6 atom stereocenters. The lowest BCUT2D eigenvalue weighted by Crippen LogP contribution is -2.73. The molecule has 1 heterocycles. The Morgan fingerprint density at radius 2 is 1.20 bits per heavy atom. The van der Waals surface area contributed by atoms with Crippen molar-refractivity contribution < 1.29 is 44.6 Å². The highest BCUT2D eigenvalue weighted by Crippen LogP contribution is 2.27. The smallest absolute Gasteiger partial charge is 0.306 e. The third-order valence-electron chi connectivity index (χ3n) is 8.68. The van der Waals surface area contributed by atoms with Crippen molar-refractivity contribution in [2.75, 3.05) is 6.61 Å². The van der Waals surface area contributed by atoms with Crippen LogP contribution in [0.5, 0.6) is 0 Å². The Balaban J connectivity index is 2.52. The molecule has 10 nitrogen and oxygen atoms in total. The molecule has 260 valence electrons. The molecule has 0 unspecified atom stereocenters. The van der Waals surface area contributed by atoms with E-state index in [2.05, 4.69) is 19.2 Å². The summed E-state index contributed by atoms with van der Waals surface area (Å²) in [7, 11) is 0. The molecule has 0 radical (unpaired) electrons. The molecule has 1 fully saturated rings. The van der Waals surface area contributed by atoms with Crippen LogP contribution in [-0.2, 0) is 19.1 Å². The van der Waals surface area contributed by atoms with Crippen LogP contribution in [0.1, 0.15) is 162 Å². The van der Waals surface area contributed by atoms with E-state index in [0.717, 1.165) is 44.9 Å². The van der Waals surface area contributed by atoms with Crippen molar-refractivity contribution in [3.63, 3.8) is 0 Å². The lowest BCUT2D eigenvalue weighted by Gasteiger charge is -2.46. The second-order valence-electron chi connectivity index (χ2n) is 12.7. The van der Waals surface area contributed by atoms with E-state index >= 15 is 0 Å². The molecule has 0 aliphatic carbocycles. The van der Waals surface area contributed by atoms with E-state index in [1.807, 2.05) is 0 Å². The van der Waals surface area contributed by atoms with Gasteiger partial charge < -0.3 is 40.3 Å². The van der Waals surface area contributed by atoms with Crippen LogP contribution in [0, 0.1) is 0 Å². The average Bonchev–Trinajstić information content (AvgIpc) is 2.99. The molecule has 0 aromatic carbocycles. The molecule has 1 rings (SSSR count). The van der Waals surface area contributed by atoms with Gasteiger partial charge in [-0.1, -0.05) is 129 Å². The van der Waals surface area contributed by atoms with Crippen LogP contribution in [0.25, 0.3) is 0 Å². The topological polar surface area (TPSA) is 166 Å². The van der Waals surface area contributed by atoms with Crippen LogP contribution in [0.3, 0.4) is 0 Å². The summed E-state index contributed by atoms with van der Waals surface area (Å²) in [5.41, 5.74) is -2.69. The lowest BCUT2D eigenvalue weighted by atomic mass is 9.93. The molecule has 1 amide bonds. The first-order valence-electron chi connectivity index (χ1n) is 17.7. The van der Waals surface area contributed by atoms with Crippen LogP contribution in [0.4, 0.5) is 0 Å². The Morgan fingerprint density at radius 3 is 1.68 bits per heavy atom. The fourth-order valence-corrected chi connectivity index (χ4v) is 5.79. The fourth-order valence-electron chi connectivity index (χ4n) is 5.79. The van der Waals surface area contributed by atoms with Gasteiger partial charge in [-0.25, -0.2) is 0 Å². The summed E-state index contributed by atoms with van der Waals surface area (Å²) in [6, 6.07) is 0. The Bertz CT molecular complexity index is 740. The summed E-state index contributed by atoms with van der Waals surface area (Å²) >= 11 is 0. The number of rotatable bonds is 27. The number of nitrogens with one attached hydrogen (secondary N) is 1. The van der Waals surface area contributed by atoms with Crippen molar-refractivity contribution in [1.29, 1.82) is 0 Å². The molecule has 0 spiro atoms. The molecule has 44 heavy (non-hydrogen) atoms. The van der Waals surface area contributed by atoms with Crippen LogP contribution in [-0.4, -0.2) is 80.4 Å². The molecule has 6 N–H and O–H groups in total. The van der Waals surface area contributed by atoms with Crippen molar-refractivity contribution in [2.24, 2.45) is 0 Å². The van der Waals surface area contributed by atoms with E-state index in [-0.39, 0.29) is 18.8 Å². The van der Waals surface area contributed by atoms with Gasteiger partial charge in [0.1, 0.15) is 24.4 Å². The predicted molar refractivity (Wildman–Crippen MR) is 170 cm³/mol. The zero-order valence-electron chi connectivity index (χ0n) is 27.7. The van der Waals surface area contributed by atoms with Crippen LogP contribution in [0.15, 0.2) is 0 Å². The largest absolute Gasteiger partial charge is 0.462 e. The van der Waals surface area contributed by atoms with Crippen molar-refractivity contribution >= 4 is 11.9 Å². The molecule has 0 bridgehead atoms. The Labute approximate surface area is 266 Å². The number of carbonyl (C=O) groups is 2. The number of ether oxygens (including phenoxy) is 2. The highest BCUT2D eigenvalue weighted by atomic mass is 16.6. The van der Waals surface area contributed by atoms with E-state index < -0.39 is 48.9 Å². The third-order valence-corrected chi connectivity index (χ3v) is 8.68. The van der Waals surface area contributed by atoms with Gasteiger partial charge in [-0.3, -0.25) is 9.59 Å². The second-order valence-corrected chi connectivity index (χ2v) is 12.7. The van der Waals surface area contributed by atoms with Crippen molar-refractivity contribution in [2.45, 2.75) is 198 Å². The average molecular weight is 632 g/mol. The fraction of sp³-hybridized carbons (Fsp3) is 0.941. The van der Waals surface area contributed by atoms with E-state index in [9.17, 15) is 35.1 Å². The van der Waals surface area contributed by atoms with Crippen molar-refractivity contribution in [3.8, 4) is 0 Å². The monoisotopic (exact) mass is 631 g/mol. The minimum atomic E-state index is -2.69. The van der Waals surface area contributed by atoms with Crippen molar-refractivity contribution in [1.82, 2.24) is 5.32 Å². The van der Waals surface area contributed by atoms with Gasteiger partial charge in [0.2, 0.25) is 17.9 Å². The van der Waals surface area contributed by atoms with E-state index in [1.54, 1.807) is 0 Å². The first-order valence-corrected chi connectivity index (χ1v) is 17.7. The number of carbonyl (C=O) groups excluding carboxylic acids is 2. The van der Waals surface area contributed by atoms with Gasteiger partial charge in [0.05, 0.1) is 13.0 Å². The zero-order chi connectivity index (χ0) is 32.6. The first kappa shape index (κ1) is 40.7. The SMILES string of the molecule is CCCCCCCCCCCCCC(=O)O[C@H](CCCCCCCCCCC)CC(=O)N[C@]1(O)[C@@H](O)O[C@H](CO)[C@@H](O)[C@@H]1O. The maximum atomic E-state index is 12.9. The summed E-state index contributed by atoms with van der Waals surface area (Å²) in [5, 5.41) is 52.9. The molecule has 0 aromatic heterocycles. The summed E-state index contributed by atoms with van der Waals surface area (Å²) in [6.45, 7) is 3.73. The Kier molecular flexibility index (Phi) is 23.0. The number of aliphatic hydroxyl groups excluding tert-OH is 4. The quantitative estimate of drug-likeness (QED) is 0.0409. The molecule has 1 saturated heterocycles. The van der Waals surface area contributed by atoms with Gasteiger partial charge in [-0.15, -0.1) is 0 Å². The summed E-state index contributed by atoms with van der Waals surface area (Å²) in [4.78, 5) is 25.6. The van der Waals surface area contributed by atoms with Crippen LogP contribution < -0.4 is 5.32 Å². The number of esters is 1. The number of amides is 1. The second kappa shape index (κ2) is 24.9. The van der Waals surface area contributed by atoms with Gasteiger partial charge in [-0.2, -0.15) is 0 Å². The Morgan fingerprint density at radius 1 is 0.750 bits per heavy atom. The van der Waals surface area contributed by atoms with Gasteiger partial charge >= 0.3 is 5.97 Å². The molecular weight excluding hydrogens is 566 g/mol. The standard InChI is InChI=1S/C34H65NO9/c1-3-5-7-9-11-13-14-16-18-20-22-24-30(38)43-27(23-21-19-17-15-12-10-8-6-4-2)25-29(37)35-34(42)32(40)31(39)28(26-36)44-33(34)41/h27-28,31-33,36,39-42H,3-26H2,1-2H3,(H,35,37)/t27-,28-,31-,32+,33+,34-/m1/s1. The molecule has 0 aromatic rings. The van der Waals surface area contributed by atoms with Gasteiger partial charge in [0.25, 0.3) is 0 Å². The third kappa shape index (κ3) is 16.9. The van der Waals surface area contributed by atoms with Gasteiger partial charge in [0.15, 0.2) is 0 Å². The minimum absolute atomic E-state index is 0.275. The lowest BCUT2D eigenvalue weighted by molar-refractivity contribution is -0.336. The molecule has 1 aliphatic heterocycles. The minimum Gasteiger partial charge on any atom is -0.462 e. The zero-order valence-corrected chi connectivity index (χ0v) is 27.7. The number of aliphatic hydroxyl groups is 5. The summed E-state index contributed by atoms with van der Waals surface area (Å²) in [6.07, 6.45) is 15.7. The van der Waals surface area contributed by atoms with Gasteiger partial charge in [0, 0.05) is 6.42 Å². The highest BCUT2D eigenvalue weighted by molar-refractivity contribution is 5.78. The number of hydrogen-bond acceptors (Lipinski definition) is 9. The molecular formula is C34H65NO9. The normalized spacial score (nSPS) is 24.2. The van der Waals surface area contributed by atoms with E-state index in [1.165, 1.54) is 83.5 Å². The summed E-state index contributed by atoms with van der Waals surface area (Å²) in [5.74, 6) is -1.14. The molecule has 10 heteroatoms. The number of unbranched alkanes of at least 4 members (excludes halogenated alkanes) is 18. The van der Waals surface area contributed by atoms with E-state index in [4.69, 9.17) is 9.47 Å². The van der Waals surface area contributed by atoms with Gasteiger partial charge in [-0.05, 0) is 19.3 Å². The van der Waals surface area contributed by atoms with Crippen LogP contribution >= 0.6 is 0 Å². The molecule has 0 saturated carbocycles. The Hall–Kier alpha value is -1.30. The number of hydrogen-bond donors (Lipinski definition) is 6. The maximum Gasteiger partial charge on any atom is 0.306 e. The molecule has 1 aliphatic rings. The predicted octanol–water partition coefficient (Wildman–Crippen LogP) is 5.15.